The van der Waals surface area contributed by atoms with Crippen molar-refractivity contribution in [3.8, 4) is 0 Å². The Hall–Kier alpha value is -1.23. The van der Waals surface area contributed by atoms with Crippen LogP contribution in [0.15, 0.2) is 4.99 Å². The number of isocyanates is 1. The molecule has 6 nitrogen and oxygen atoms in total. The van der Waals surface area contributed by atoms with E-state index in [4.69, 9.17) is 7.15 Å². The van der Waals surface area contributed by atoms with Crippen molar-refractivity contribution in [3.05, 3.63) is 0 Å². The highest BCUT2D eigenvalue weighted by atomic mass is 16.2. The van der Waals surface area contributed by atoms with E-state index in [1.54, 1.807) is 0 Å². The number of nitrogens with two attached hydrogens (primary N) is 2. The van der Waals surface area contributed by atoms with Crippen LogP contribution in [0.5, 0.6) is 0 Å². The lowest BCUT2D eigenvalue weighted by atomic mass is 10.1. The molecule has 0 fully saturated rings. The number of unbranched alkanes of at least 4 members (excludes halogenated alkanes) is 1. The average molecular weight is 215 g/mol. The summed E-state index contributed by atoms with van der Waals surface area (Å²) in [4.78, 5) is 24.5. The van der Waals surface area contributed by atoms with Gasteiger partial charge in [0.05, 0.1) is 12.6 Å². The summed E-state index contributed by atoms with van der Waals surface area (Å²) < 4.78 is 7.01. The molecule has 1 amide bonds. The van der Waals surface area contributed by atoms with Gasteiger partial charge in [-0.2, -0.15) is 0 Å². The molecule has 6 heteroatoms. The van der Waals surface area contributed by atoms with Crippen LogP contribution in [0.3, 0.4) is 0 Å². The highest BCUT2D eigenvalue weighted by Gasteiger charge is 2.11. The molecule has 0 heterocycles. The van der Waals surface area contributed by atoms with E-state index in [1.165, 1.54) is 6.08 Å². The number of carbonyl (C=O) groups is 1. The third-order valence-corrected chi connectivity index (χ3v) is 1.85. The molecule has 0 aromatic rings. The minimum Gasteiger partial charge on any atom is -0.353 e. The first-order valence-corrected chi connectivity index (χ1v) is 4.95. The Bertz CT molecular complexity index is 244. The van der Waals surface area contributed by atoms with Crippen molar-refractivity contribution >= 4 is 12.0 Å². The number of hydrogen-bond acceptors (Lipinski definition) is 5. The van der Waals surface area contributed by atoms with Crippen LogP contribution in [0.2, 0.25) is 1.41 Å². The zero-order valence-electron chi connectivity index (χ0n) is 9.66. The fraction of sp³-hybridized carbons (Fsp3) is 0.778. The van der Waals surface area contributed by atoms with Gasteiger partial charge in [0, 0.05) is 6.54 Å². The standard InChI is InChI=1S/C9H18N4O2/c10-4-2-1-3-8(11)9(15)13-6-5-12-7-14/h8H,1-6,10-11H2,(H,13,15)/i/hD. The Morgan fingerprint density at radius 2 is 2.40 bits per heavy atom. The van der Waals surface area contributed by atoms with Crippen molar-refractivity contribution in [1.29, 1.82) is 0 Å². The van der Waals surface area contributed by atoms with Crippen LogP contribution in [0.1, 0.15) is 19.3 Å². The van der Waals surface area contributed by atoms with E-state index in [0.717, 1.165) is 12.8 Å². The lowest BCUT2D eigenvalue weighted by Crippen LogP contribution is -2.41. The van der Waals surface area contributed by atoms with Crippen LogP contribution >= 0.6 is 0 Å². The van der Waals surface area contributed by atoms with Gasteiger partial charge in [0.15, 0.2) is 0 Å². The Balaban J connectivity index is 3.77. The number of rotatable bonds is 9. The molecule has 0 radical (unpaired) electrons. The zero-order valence-corrected chi connectivity index (χ0v) is 8.66. The maximum absolute atomic E-state index is 11.5. The Kier molecular flexibility index (Phi) is 7.37. The molecule has 15 heavy (non-hydrogen) atoms. The summed E-state index contributed by atoms with van der Waals surface area (Å²) in [7, 11) is 0. The molecule has 0 aliphatic carbocycles. The van der Waals surface area contributed by atoms with Crippen molar-refractivity contribution in [1.82, 2.24) is 5.32 Å². The predicted molar refractivity (Wildman–Crippen MR) is 56.9 cm³/mol. The van der Waals surface area contributed by atoms with Gasteiger partial charge in [-0.25, -0.2) is 9.79 Å². The zero-order chi connectivity index (χ0) is 12.2. The smallest absolute Gasteiger partial charge is 0.236 e. The normalized spacial score (nSPS) is 12.5. The number of aliphatic imine (C=N–C) groups is 1. The molecule has 0 spiro atoms. The molecule has 1 atom stereocenters. The summed E-state index contributed by atoms with van der Waals surface area (Å²) in [6.45, 7) is 1.08. The minimum atomic E-state index is -0.535. The molecule has 0 bridgehead atoms. The van der Waals surface area contributed by atoms with Gasteiger partial charge in [0.25, 0.3) is 0 Å². The first-order chi connectivity index (χ1) is 7.76. The highest BCUT2D eigenvalue weighted by molar-refractivity contribution is 5.81. The maximum Gasteiger partial charge on any atom is 0.236 e. The van der Waals surface area contributed by atoms with Gasteiger partial charge in [0.2, 0.25) is 12.0 Å². The summed E-state index contributed by atoms with van der Waals surface area (Å²) in [6, 6.07) is -0.535. The van der Waals surface area contributed by atoms with Gasteiger partial charge < -0.3 is 16.8 Å². The van der Waals surface area contributed by atoms with E-state index in [9.17, 15) is 9.59 Å². The molecule has 0 aromatic carbocycles. The van der Waals surface area contributed by atoms with Gasteiger partial charge in [0.1, 0.15) is 1.41 Å². The van der Waals surface area contributed by atoms with E-state index < -0.39 is 6.04 Å². The SMILES string of the molecule is [2H]NC(CCCCN)C(=O)NCCN=C=O. The van der Waals surface area contributed by atoms with Gasteiger partial charge in [-0.3, -0.25) is 4.79 Å². The molecular formula is C9H18N4O2. The van der Waals surface area contributed by atoms with E-state index in [2.05, 4.69) is 16.0 Å². The molecular weight excluding hydrogens is 196 g/mol. The third-order valence-electron chi connectivity index (χ3n) is 1.85. The van der Waals surface area contributed by atoms with Crippen molar-refractivity contribution in [2.45, 2.75) is 25.3 Å². The lowest BCUT2D eigenvalue weighted by molar-refractivity contribution is -0.122. The van der Waals surface area contributed by atoms with Crippen LogP contribution in [-0.4, -0.2) is 37.7 Å². The van der Waals surface area contributed by atoms with Crippen LogP contribution in [0, 0.1) is 0 Å². The monoisotopic (exact) mass is 215 g/mol. The topological polar surface area (TPSA) is 111 Å². The molecule has 0 aliphatic heterocycles. The number of nitrogens with zero attached hydrogens (tertiary/aromatic N) is 1. The summed E-state index contributed by atoms with van der Waals surface area (Å²) in [5, 5.41) is 2.57. The number of hydrogen-bond donors (Lipinski definition) is 3. The fourth-order valence-corrected chi connectivity index (χ4v) is 1.03. The first-order valence-electron chi connectivity index (χ1n) is 5.45. The minimum absolute atomic E-state index is 0.211. The van der Waals surface area contributed by atoms with E-state index >= 15 is 0 Å². The number of amides is 1. The fourth-order valence-electron chi connectivity index (χ4n) is 1.03. The Morgan fingerprint density at radius 3 is 3.00 bits per heavy atom. The second-order valence-electron chi connectivity index (χ2n) is 3.10. The van der Waals surface area contributed by atoms with Gasteiger partial charge in [-0.1, -0.05) is 6.42 Å². The van der Waals surface area contributed by atoms with Crippen LogP contribution in [-0.2, 0) is 9.59 Å². The molecule has 86 valence electrons. The van der Waals surface area contributed by atoms with Crippen molar-refractivity contribution in [3.63, 3.8) is 0 Å². The average Bonchev–Trinajstić information content (AvgIpc) is 2.30. The second-order valence-corrected chi connectivity index (χ2v) is 3.10. The lowest BCUT2D eigenvalue weighted by Gasteiger charge is -2.10. The third kappa shape index (κ3) is 7.81. The summed E-state index contributed by atoms with van der Waals surface area (Å²) in [5.74, 6) is -0.256. The Morgan fingerprint density at radius 1 is 1.60 bits per heavy atom. The first kappa shape index (κ1) is 11.8. The molecule has 0 rings (SSSR count). The summed E-state index contributed by atoms with van der Waals surface area (Å²) in [5.41, 5.74) is 7.52. The van der Waals surface area contributed by atoms with Crippen molar-refractivity contribution in [2.24, 2.45) is 16.5 Å². The maximum atomic E-state index is 11.5. The van der Waals surface area contributed by atoms with Gasteiger partial charge in [-0.15, -0.1) is 0 Å². The van der Waals surface area contributed by atoms with Crippen molar-refractivity contribution < 1.29 is 11.0 Å². The molecule has 0 saturated carbocycles. The number of carbonyl (C=O) groups excluding carboxylic acids is 2. The van der Waals surface area contributed by atoms with Crippen LogP contribution in [0.25, 0.3) is 0 Å². The Labute approximate surface area is 90.6 Å². The molecule has 0 saturated heterocycles. The van der Waals surface area contributed by atoms with E-state index in [1.807, 2.05) is 0 Å². The van der Waals surface area contributed by atoms with Gasteiger partial charge >= 0.3 is 0 Å². The van der Waals surface area contributed by atoms with E-state index in [-0.39, 0.29) is 19.0 Å². The van der Waals surface area contributed by atoms with Crippen LogP contribution < -0.4 is 16.8 Å². The summed E-state index contributed by atoms with van der Waals surface area (Å²) in [6.07, 6.45) is 3.59. The second kappa shape index (κ2) is 9.33. The summed E-state index contributed by atoms with van der Waals surface area (Å²) >= 11 is 0. The van der Waals surface area contributed by atoms with Crippen molar-refractivity contribution in [2.75, 3.05) is 19.6 Å². The molecule has 0 aliphatic rings. The quantitative estimate of drug-likeness (QED) is 0.257. The molecule has 0 aromatic heterocycles. The predicted octanol–water partition coefficient (Wildman–Crippen LogP) is -1.11. The molecule has 5 N–H and O–H groups in total. The number of nitrogens with one attached hydrogen (secondary N) is 1. The van der Waals surface area contributed by atoms with E-state index in [0.29, 0.717) is 13.0 Å². The molecule has 1 unspecified atom stereocenters. The van der Waals surface area contributed by atoms with Gasteiger partial charge in [-0.05, 0) is 19.4 Å². The highest BCUT2D eigenvalue weighted by Crippen LogP contribution is 1.97. The largest absolute Gasteiger partial charge is 0.353 e. The van der Waals surface area contributed by atoms with Crippen LogP contribution in [0.4, 0.5) is 0 Å².